The molecule has 3 rings (SSSR count). The van der Waals surface area contributed by atoms with Gasteiger partial charge in [0.15, 0.2) is 5.11 Å². The van der Waals surface area contributed by atoms with E-state index in [0.29, 0.717) is 5.11 Å². The molecule has 2 atom stereocenters. The molecule has 2 saturated heterocycles. The van der Waals surface area contributed by atoms with Gasteiger partial charge in [-0.1, -0.05) is 6.92 Å². The smallest absolute Gasteiger partial charge is 0.170 e. The fourth-order valence-electron chi connectivity index (χ4n) is 3.23. The molecule has 1 aromatic rings. The number of anilines is 2. The van der Waals surface area contributed by atoms with Gasteiger partial charge in [0.05, 0.1) is 18.0 Å². The fraction of sp³-hybridized carbons (Fsp3) is 0.647. The van der Waals surface area contributed by atoms with Gasteiger partial charge < -0.3 is 20.3 Å². The van der Waals surface area contributed by atoms with Crippen LogP contribution in [-0.2, 0) is 4.74 Å². The van der Waals surface area contributed by atoms with Gasteiger partial charge in [-0.2, -0.15) is 0 Å². The molecule has 3 heterocycles. The summed E-state index contributed by atoms with van der Waals surface area (Å²) in [5, 5.41) is 7.03. The van der Waals surface area contributed by atoms with E-state index in [-0.39, 0.29) is 6.10 Å². The number of aromatic nitrogens is 1. The number of thiocarbonyl (C=S) groups is 1. The second-order valence-corrected chi connectivity index (χ2v) is 6.98. The summed E-state index contributed by atoms with van der Waals surface area (Å²) < 4.78 is 5.58. The average molecular weight is 334 g/mol. The standard InChI is InChI=1S/C17H26N4OS/c1-13-4-2-8-21(12-13)16-7-6-14(10-18-16)20-17(23)19-11-15-5-3-9-22-15/h6-7,10,13,15H,2-5,8-9,11-12H2,1H3,(H2,19,20,23)/t13-,15-/m0/s1. The first kappa shape index (κ1) is 16.5. The van der Waals surface area contributed by atoms with Crippen LogP contribution in [0.1, 0.15) is 32.6 Å². The minimum atomic E-state index is 0.288. The molecular formula is C17H26N4OS. The summed E-state index contributed by atoms with van der Waals surface area (Å²) >= 11 is 5.33. The number of pyridine rings is 1. The van der Waals surface area contributed by atoms with E-state index in [1.165, 1.54) is 12.8 Å². The highest BCUT2D eigenvalue weighted by atomic mass is 32.1. The van der Waals surface area contributed by atoms with Crippen molar-refractivity contribution < 1.29 is 4.74 Å². The van der Waals surface area contributed by atoms with Gasteiger partial charge in [-0.15, -0.1) is 0 Å². The maximum atomic E-state index is 5.58. The van der Waals surface area contributed by atoms with Crippen LogP contribution in [0.2, 0.25) is 0 Å². The lowest BCUT2D eigenvalue weighted by Crippen LogP contribution is -2.35. The Morgan fingerprint density at radius 1 is 1.39 bits per heavy atom. The molecule has 0 saturated carbocycles. The normalized spacial score (nSPS) is 24.5. The molecule has 6 heteroatoms. The summed E-state index contributed by atoms with van der Waals surface area (Å²) in [5.74, 6) is 1.80. The van der Waals surface area contributed by atoms with Crippen molar-refractivity contribution in [2.75, 3.05) is 36.5 Å². The van der Waals surface area contributed by atoms with Crippen LogP contribution < -0.4 is 15.5 Å². The van der Waals surface area contributed by atoms with E-state index < -0.39 is 0 Å². The van der Waals surface area contributed by atoms with Crippen molar-refractivity contribution in [2.24, 2.45) is 5.92 Å². The molecular weight excluding hydrogens is 308 g/mol. The summed E-state index contributed by atoms with van der Waals surface area (Å²) in [6, 6.07) is 4.12. The predicted octanol–water partition coefficient (Wildman–Crippen LogP) is 2.78. The van der Waals surface area contributed by atoms with Crippen LogP contribution in [0, 0.1) is 5.92 Å². The lowest BCUT2D eigenvalue weighted by molar-refractivity contribution is 0.114. The summed E-state index contributed by atoms with van der Waals surface area (Å²) in [5.41, 5.74) is 0.920. The van der Waals surface area contributed by atoms with Gasteiger partial charge in [0, 0.05) is 26.2 Å². The van der Waals surface area contributed by atoms with E-state index in [1.54, 1.807) is 0 Å². The van der Waals surface area contributed by atoms with E-state index in [9.17, 15) is 0 Å². The van der Waals surface area contributed by atoms with E-state index in [4.69, 9.17) is 17.0 Å². The first-order chi connectivity index (χ1) is 11.2. The Bertz CT molecular complexity index is 516. The van der Waals surface area contributed by atoms with Crippen LogP contribution in [0.3, 0.4) is 0 Å². The van der Waals surface area contributed by atoms with Crippen molar-refractivity contribution in [3.63, 3.8) is 0 Å². The summed E-state index contributed by atoms with van der Waals surface area (Å²) in [6.07, 6.45) is 6.97. The van der Waals surface area contributed by atoms with E-state index >= 15 is 0 Å². The third-order valence-corrected chi connectivity index (χ3v) is 4.75. The molecule has 0 bridgehead atoms. The second-order valence-electron chi connectivity index (χ2n) is 6.57. The first-order valence-corrected chi connectivity index (χ1v) is 8.99. The molecule has 0 amide bonds. The van der Waals surface area contributed by atoms with Crippen LogP contribution in [0.15, 0.2) is 18.3 Å². The van der Waals surface area contributed by atoms with Gasteiger partial charge in [-0.05, 0) is 56.0 Å². The number of rotatable bonds is 4. The maximum absolute atomic E-state index is 5.58. The van der Waals surface area contributed by atoms with E-state index in [2.05, 4.69) is 33.5 Å². The molecule has 2 aliphatic rings. The molecule has 23 heavy (non-hydrogen) atoms. The van der Waals surface area contributed by atoms with Crippen molar-refractivity contribution in [3.05, 3.63) is 18.3 Å². The van der Waals surface area contributed by atoms with E-state index in [1.807, 2.05) is 12.3 Å². The largest absolute Gasteiger partial charge is 0.376 e. The summed E-state index contributed by atoms with van der Waals surface area (Å²) in [7, 11) is 0. The number of nitrogens with zero attached hydrogens (tertiary/aromatic N) is 2. The lowest BCUT2D eigenvalue weighted by Gasteiger charge is -2.31. The quantitative estimate of drug-likeness (QED) is 0.826. The zero-order valence-corrected chi connectivity index (χ0v) is 14.6. The van der Waals surface area contributed by atoms with Gasteiger partial charge in [-0.25, -0.2) is 4.98 Å². The Kier molecular flexibility index (Phi) is 5.67. The van der Waals surface area contributed by atoms with Gasteiger partial charge >= 0.3 is 0 Å². The Morgan fingerprint density at radius 2 is 2.30 bits per heavy atom. The topological polar surface area (TPSA) is 49.4 Å². The van der Waals surface area contributed by atoms with Crippen molar-refractivity contribution in [1.82, 2.24) is 10.3 Å². The van der Waals surface area contributed by atoms with Gasteiger partial charge in [-0.3, -0.25) is 0 Å². The molecule has 126 valence electrons. The first-order valence-electron chi connectivity index (χ1n) is 8.58. The van der Waals surface area contributed by atoms with Crippen LogP contribution >= 0.6 is 12.2 Å². The predicted molar refractivity (Wildman–Crippen MR) is 98.0 cm³/mol. The molecule has 5 nitrogen and oxygen atoms in total. The molecule has 0 spiro atoms. The minimum absolute atomic E-state index is 0.288. The molecule has 1 aromatic heterocycles. The zero-order valence-electron chi connectivity index (χ0n) is 13.8. The van der Waals surface area contributed by atoms with Crippen LogP contribution in [0.4, 0.5) is 11.5 Å². The fourth-order valence-corrected chi connectivity index (χ4v) is 3.43. The van der Waals surface area contributed by atoms with Crippen LogP contribution in [0.25, 0.3) is 0 Å². The van der Waals surface area contributed by atoms with Crippen molar-refractivity contribution in [3.8, 4) is 0 Å². The van der Waals surface area contributed by atoms with Gasteiger partial charge in [0.25, 0.3) is 0 Å². The molecule has 0 unspecified atom stereocenters. The minimum Gasteiger partial charge on any atom is -0.376 e. The Balaban J connectivity index is 1.47. The average Bonchev–Trinajstić information content (AvgIpc) is 3.07. The molecule has 2 N–H and O–H groups in total. The van der Waals surface area contributed by atoms with Crippen LogP contribution in [0.5, 0.6) is 0 Å². The number of ether oxygens (including phenoxy) is 1. The summed E-state index contributed by atoms with van der Waals surface area (Å²) in [6.45, 7) is 6.14. The number of hydrogen-bond acceptors (Lipinski definition) is 4. The van der Waals surface area contributed by atoms with Crippen molar-refractivity contribution in [2.45, 2.75) is 38.7 Å². The molecule has 2 aliphatic heterocycles. The third kappa shape index (κ3) is 4.78. The molecule has 0 aromatic carbocycles. The molecule has 0 aliphatic carbocycles. The number of hydrogen-bond donors (Lipinski definition) is 2. The van der Waals surface area contributed by atoms with Gasteiger partial charge in [0.1, 0.15) is 5.82 Å². The SMILES string of the molecule is C[C@H]1CCCN(c2ccc(NC(=S)NC[C@@H]3CCCO3)cn2)C1. The molecule has 0 radical (unpaired) electrons. The lowest BCUT2D eigenvalue weighted by atomic mass is 10.0. The maximum Gasteiger partial charge on any atom is 0.170 e. The third-order valence-electron chi connectivity index (χ3n) is 4.50. The number of nitrogens with one attached hydrogen (secondary N) is 2. The Morgan fingerprint density at radius 3 is 3.00 bits per heavy atom. The zero-order chi connectivity index (χ0) is 16.1. The highest BCUT2D eigenvalue weighted by molar-refractivity contribution is 7.80. The Hall–Kier alpha value is -1.40. The second kappa shape index (κ2) is 7.93. The van der Waals surface area contributed by atoms with Crippen molar-refractivity contribution >= 4 is 28.8 Å². The Labute approximate surface area is 143 Å². The number of piperidine rings is 1. The highest BCUT2D eigenvalue weighted by Crippen LogP contribution is 2.22. The van der Waals surface area contributed by atoms with E-state index in [0.717, 1.165) is 56.5 Å². The van der Waals surface area contributed by atoms with Crippen molar-refractivity contribution in [1.29, 1.82) is 0 Å². The van der Waals surface area contributed by atoms with Crippen LogP contribution in [-0.4, -0.2) is 42.4 Å². The summed E-state index contributed by atoms with van der Waals surface area (Å²) in [4.78, 5) is 6.95. The monoisotopic (exact) mass is 334 g/mol. The highest BCUT2D eigenvalue weighted by Gasteiger charge is 2.17. The molecule has 2 fully saturated rings. The van der Waals surface area contributed by atoms with Gasteiger partial charge in [0.2, 0.25) is 0 Å².